The molecule has 0 aliphatic carbocycles. The molecule has 6 heteroatoms. The first-order valence-corrected chi connectivity index (χ1v) is 8.28. The number of carbonyl (C=O) groups is 1. The topological polar surface area (TPSA) is 56.6 Å². The van der Waals surface area contributed by atoms with Crippen molar-refractivity contribution < 1.29 is 14.3 Å². The van der Waals surface area contributed by atoms with Crippen LogP contribution in [0, 0.1) is 13.8 Å². The molecule has 1 fully saturated rings. The molecule has 2 aromatic rings. The van der Waals surface area contributed by atoms with Crippen LogP contribution in [0.2, 0.25) is 0 Å². The zero-order valence-corrected chi connectivity index (χ0v) is 14.9. The first kappa shape index (κ1) is 17.2. The van der Waals surface area contributed by atoms with E-state index in [1.165, 1.54) is 6.08 Å². The van der Waals surface area contributed by atoms with Crippen LogP contribution in [0.4, 0.5) is 0 Å². The van der Waals surface area contributed by atoms with Gasteiger partial charge >= 0.3 is 0 Å². The van der Waals surface area contributed by atoms with Crippen LogP contribution in [0.3, 0.4) is 0 Å². The molecule has 1 saturated heterocycles. The summed E-state index contributed by atoms with van der Waals surface area (Å²) < 4.78 is 12.8. The molecule has 0 radical (unpaired) electrons. The van der Waals surface area contributed by atoms with Crippen molar-refractivity contribution in [3.05, 3.63) is 53.9 Å². The van der Waals surface area contributed by atoms with Crippen molar-refractivity contribution in [2.24, 2.45) is 0 Å². The summed E-state index contributed by atoms with van der Waals surface area (Å²) in [6, 6.07) is 7.60. The van der Waals surface area contributed by atoms with Gasteiger partial charge in [-0.15, -0.1) is 0 Å². The molecule has 0 bridgehead atoms. The highest BCUT2D eigenvalue weighted by molar-refractivity contribution is 5.87. The molecule has 2 heterocycles. The number of ether oxygens (including phenoxy) is 2. The van der Waals surface area contributed by atoms with Crippen LogP contribution in [0.1, 0.15) is 23.0 Å². The van der Waals surface area contributed by atoms with Crippen LogP contribution in [-0.4, -0.2) is 47.5 Å². The predicted octanol–water partition coefficient (Wildman–Crippen LogP) is 2.58. The van der Waals surface area contributed by atoms with Gasteiger partial charge < -0.3 is 14.4 Å². The second-order valence-corrected chi connectivity index (χ2v) is 6.02. The molecular formula is C19H23N3O3. The van der Waals surface area contributed by atoms with Crippen molar-refractivity contribution in [1.29, 1.82) is 0 Å². The third-order valence-electron chi connectivity index (χ3n) is 4.56. The number of hydrogen-bond donors (Lipinski definition) is 0. The summed E-state index contributed by atoms with van der Waals surface area (Å²) >= 11 is 0. The van der Waals surface area contributed by atoms with Crippen molar-refractivity contribution >= 4 is 5.91 Å². The molecule has 1 aromatic carbocycles. The number of benzene rings is 1. The summed E-state index contributed by atoms with van der Waals surface area (Å²) in [6.45, 7) is 9.15. The van der Waals surface area contributed by atoms with Gasteiger partial charge in [0.25, 0.3) is 0 Å². The Morgan fingerprint density at radius 3 is 2.96 bits per heavy atom. The second kappa shape index (κ2) is 7.11. The van der Waals surface area contributed by atoms with Crippen molar-refractivity contribution in [3.63, 3.8) is 0 Å². The highest BCUT2D eigenvalue weighted by Gasteiger charge is 2.31. The van der Waals surface area contributed by atoms with Crippen LogP contribution in [-0.2, 0) is 9.53 Å². The monoisotopic (exact) mass is 341 g/mol. The fourth-order valence-electron chi connectivity index (χ4n) is 3.35. The third-order valence-corrected chi connectivity index (χ3v) is 4.56. The van der Waals surface area contributed by atoms with E-state index in [1.807, 2.05) is 47.7 Å². The number of nitrogens with zero attached hydrogens (tertiary/aromatic N) is 3. The summed E-state index contributed by atoms with van der Waals surface area (Å²) in [5.74, 6) is 0.692. The molecule has 132 valence electrons. The predicted molar refractivity (Wildman–Crippen MR) is 95.1 cm³/mol. The standard InChI is InChI=1S/C19H23N3O3/c1-5-18(23)21-9-10-25-12-17(21)19-13(2)20-22(14(19)3)15-7-6-8-16(11-15)24-4/h5-8,11,17H,1,9-10,12H2,2-4H3. The van der Waals surface area contributed by atoms with Crippen molar-refractivity contribution in [2.75, 3.05) is 26.9 Å². The molecule has 1 unspecified atom stereocenters. The highest BCUT2D eigenvalue weighted by Crippen LogP contribution is 2.31. The van der Waals surface area contributed by atoms with Gasteiger partial charge in [-0.3, -0.25) is 4.79 Å². The molecule has 1 amide bonds. The normalized spacial score (nSPS) is 17.4. The van der Waals surface area contributed by atoms with Gasteiger partial charge in [0.1, 0.15) is 5.75 Å². The number of carbonyl (C=O) groups excluding carboxylic acids is 1. The van der Waals surface area contributed by atoms with Crippen LogP contribution in [0.15, 0.2) is 36.9 Å². The van der Waals surface area contributed by atoms with E-state index in [0.717, 1.165) is 28.4 Å². The molecule has 25 heavy (non-hydrogen) atoms. The van der Waals surface area contributed by atoms with E-state index in [1.54, 1.807) is 7.11 Å². The van der Waals surface area contributed by atoms with Crippen LogP contribution in [0.5, 0.6) is 5.75 Å². The SMILES string of the molecule is C=CC(=O)N1CCOCC1c1c(C)nn(-c2cccc(OC)c2)c1C. The minimum atomic E-state index is -0.154. The average Bonchev–Trinajstić information content (AvgIpc) is 2.95. The molecule has 1 atom stereocenters. The van der Waals surface area contributed by atoms with Gasteiger partial charge in [0.05, 0.1) is 37.7 Å². The zero-order valence-electron chi connectivity index (χ0n) is 14.9. The Bertz CT molecular complexity index is 797. The van der Waals surface area contributed by atoms with Gasteiger partial charge in [0, 0.05) is 23.9 Å². The van der Waals surface area contributed by atoms with Crippen LogP contribution >= 0.6 is 0 Å². The van der Waals surface area contributed by atoms with E-state index in [-0.39, 0.29) is 11.9 Å². The number of hydrogen-bond acceptors (Lipinski definition) is 4. The molecule has 0 saturated carbocycles. The first-order valence-electron chi connectivity index (χ1n) is 8.28. The first-order chi connectivity index (χ1) is 12.1. The Hall–Kier alpha value is -2.60. The molecule has 1 aliphatic heterocycles. The maximum Gasteiger partial charge on any atom is 0.246 e. The summed E-state index contributed by atoms with van der Waals surface area (Å²) in [5.41, 5.74) is 3.82. The summed E-state index contributed by atoms with van der Waals surface area (Å²) in [7, 11) is 1.64. The lowest BCUT2D eigenvalue weighted by Crippen LogP contribution is -2.43. The molecule has 3 rings (SSSR count). The van der Waals surface area contributed by atoms with Gasteiger partial charge in [0.2, 0.25) is 5.91 Å². The van der Waals surface area contributed by atoms with Gasteiger partial charge in [0.15, 0.2) is 0 Å². The average molecular weight is 341 g/mol. The Kier molecular flexibility index (Phi) is 4.90. The minimum absolute atomic E-state index is 0.0822. The minimum Gasteiger partial charge on any atom is -0.497 e. The Labute approximate surface area is 147 Å². The third kappa shape index (κ3) is 3.17. The van der Waals surface area contributed by atoms with E-state index in [0.29, 0.717) is 19.8 Å². The number of aromatic nitrogens is 2. The summed E-state index contributed by atoms with van der Waals surface area (Å²) in [5, 5.41) is 4.69. The second-order valence-electron chi connectivity index (χ2n) is 6.02. The van der Waals surface area contributed by atoms with Crippen LogP contribution < -0.4 is 4.74 Å². The highest BCUT2D eigenvalue weighted by atomic mass is 16.5. The number of amides is 1. The van der Waals surface area contributed by atoms with Crippen LogP contribution in [0.25, 0.3) is 5.69 Å². The van der Waals surface area contributed by atoms with Crippen molar-refractivity contribution in [3.8, 4) is 11.4 Å². The number of rotatable bonds is 4. The van der Waals surface area contributed by atoms with E-state index in [4.69, 9.17) is 14.6 Å². The lowest BCUT2D eigenvalue weighted by atomic mass is 10.0. The maximum absolute atomic E-state index is 12.2. The van der Waals surface area contributed by atoms with E-state index in [2.05, 4.69) is 6.58 Å². The van der Waals surface area contributed by atoms with E-state index in [9.17, 15) is 4.79 Å². The molecule has 1 aliphatic rings. The Morgan fingerprint density at radius 2 is 2.24 bits per heavy atom. The lowest BCUT2D eigenvalue weighted by Gasteiger charge is -2.35. The largest absolute Gasteiger partial charge is 0.497 e. The molecule has 6 nitrogen and oxygen atoms in total. The number of aryl methyl sites for hydroxylation is 1. The van der Waals surface area contributed by atoms with Gasteiger partial charge in [-0.2, -0.15) is 5.10 Å². The van der Waals surface area contributed by atoms with Gasteiger partial charge in [-0.05, 0) is 32.1 Å². The fourth-order valence-corrected chi connectivity index (χ4v) is 3.35. The van der Waals surface area contributed by atoms with Gasteiger partial charge in [-0.25, -0.2) is 4.68 Å². The quantitative estimate of drug-likeness (QED) is 0.802. The van der Waals surface area contributed by atoms with Gasteiger partial charge in [-0.1, -0.05) is 12.6 Å². The molecule has 1 aromatic heterocycles. The fraction of sp³-hybridized carbons (Fsp3) is 0.368. The van der Waals surface area contributed by atoms with Crippen molar-refractivity contribution in [2.45, 2.75) is 19.9 Å². The van der Waals surface area contributed by atoms with Crippen molar-refractivity contribution in [1.82, 2.24) is 14.7 Å². The number of morpholine rings is 1. The number of methoxy groups -OCH3 is 1. The molecule has 0 spiro atoms. The molecular weight excluding hydrogens is 318 g/mol. The smallest absolute Gasteiger partial charge is 0.246 e. The van der Waals surface area contributed by atoms with E-state index >= 15 is 0 Å². The zero-order chi connectivity index (χ0) is 18.0. The Balaban J connectivity index is 2.04. The van der Waals surface area contributed by atoms with E-state index < -0.39 is 0 Å². The lowest BCUT2D eigenvalue weighted by molar-refractivity contribution is -0.134. The molecule has 0 N–H and O–H groups in total. The Morgan fingerprint density at radius 1 is 1.44 bits per heavy atom. The summed E-state index contributed by atoms with van der Waals surface area (Å²) in [4.78, 5) is 14.1. The summed E-state index contributed by atoms with van der Waals surface area (Å²) in [6.07, 6.45) is 1.36. The maximum atomic E-state index is 12.2.